The van der Waals surface area contributed by atoms with E-state index < -0.39 is 17.7 Å². The highest BCUT2D eigenvalue weighted by Gasteiger charge is 2.46. The Labute approximate surface area is 215 Å². The van der Waals surface area contributed by atoms with Crippen molar-refractivity contribution in [3.05, 3.63) is 71.8 Å². The largest absolute Gasteiger partial charge is 0.507 e. The number of carbonyl (C=O) groups excluding carboxylic acids is 2. The number of aliphatic hydroxyl groups is 1. The van der Waals surface area contributed by atoms with Gasteiger partial charge in [0.2, 0.25) is 6.79 Å². The topological polar surface area (TPSA) is 97.8 Å². The van der Waals surface area contributed by atoms with Gasteiger partial charge >= 0.3 is 0 Å². The van der Waals surface area contributed by atoms with Gasteiger partial charge in [0.15, 0.2) is 11.5 Å². The Balaban J connectivity index is 1.47. The van der Waals surface area contributed by atoms with E-state index in [1.54, 1.807) is 41.3 Å². The Morgan fingerprint density at radius 1 is 1.05 bits per heavy atom. The number of ether oxygens (including phenoxy) is 4. The molecule has 3 aliphatic heterocycles. The van der Waals surface area contributed by atoms with Crippen molar-refractivity contribution in [1.82, 2.24) is 9.80 Å². The first-order chi connectivity index (χ1) is 18.1. The third-order valence-corrected chi connectivity index (χ3v) is 6.73. The maximum Gasteiger partial charge on any atom is 0.295 e. The summed E-state index contributed by atoms with van der Waals surface area (Å²) < 4.78 is 21.8. The normalized spacial score (nSPS) is 20.9. The average Bonchev–Trinajstić information content (AvgIpc) is 3.50. The lowest BCUT2D eigenvalue weighted by Crippen LogP contribution is -2.38. The van der Waals surface area contributed by atoms with E-state index >= 15 is 0 Å². The van der Waals surface area contributed by atoms with Crippen LogP contribution >= 0.6 is 0 Å². The van der Waals surface area contributed by atoms with E-state index in [0.29, 0.717) is 61.2 Å². The standard InChI is InChI=1S/C28H30N2O7/c1-2-14-35-21-7-4-19(5-8-21)25-24(26(31)20-6-9-22-23(17-20)37-18-36-22)27(32)28(33)30(25)11-3-10-29-12-15-34-16-13-29/h2,4-9,17,25,31H,1,3,10-16,18H2/b26-24+. The number of hydrogen-bond donors (Lipinski definition) is 1. The third kappa shape index (κ3) is 5.19. The minimum Gasteiger partial charge on any atom is -0.507 e. The van der Waals surface area contributed by atoms with Gasteiger partial charge in [-0.1, -0.05) is 24.8 Å². The first-order valence-electron chi connectivity index (χ1n) is 12.4. The van der Waals surface area contributed by atoms with Gasteiger partial charge in [0.05, 0.1) is 24.8 Å². The van der Waals surface area contributed by atoms with Crippen LogP contribution in [0.25, 0.3) is 5.76 Å². The fourth-order valence-corrected chi connectivity index (χ4v) is 4.85. The van der Waals surface area contributed by atoms with Gasteiger partial charge in [-0.3, -0.25) is 14.5 Å². The second-order valence-electron chi connectivity index (χ2n) is 9.04. The first-order valence-corrected chi connectivity index (χ1v) is 12.4. The van der Waals surface area contributed by atoms with Gasteiger partial charge in [0.25, 0.3) is 11.7 Å². The van der Waals surface area contributed by atoms with E-state index in [2.05, 4.69) is 11.5 Å². The number of Topliss-reactive ketones (excluding diaryl/α,β-unsaturated/α-hetero) is 1. The Morgan fingerprint density at radius 3 is 2.57 bits per heavy atom. The molecule has 9 heteroatoms. The highest BCUT2D eigenvalue weighted by atomic mass is 16.7. The summed E-state index contributed by atoms with van der Waals surface area (Å²) in [7, 11) is 0. The van der Waals surface area contributed by atoms with Gasteiger partial charge in [-0.25, -0.2) is 0 Å². The number of rotatable bonds is 9. The molecule has 2 aromatic carbocycles. The average molecular weight is 507 g/mol. The van der Waals surface area contributed by atoms with Crippen LogP contribution in [0.2, 0.25) is 0 Å². The molecule has 3 aliphatic rings. The van der Waals surface area contributed by atoms with Crippen molar-refractivity contribution in [2.45, 2.75) is 12.5 Å². The number of likely N-dealkylation sites (tertiary alicyclic amines) is 1. The van der Waals surface area contributed by atoms with Crippen molar-refractivity contribution >= 4 is 17.4 Å². The van der Waals surface area contributed by atoms with Gasteiger partial charge in [-0.05, 0) is 42.3 Å². The summed E-state index contributed by atoms with van der Waals surface area (Å²) in [6.07, 6.45) is 2.34. The van der Waals surface area contributed by atoms with Gasteiger partial charge < -0.3 is 29.0 Å². The van der Waals surface area contributed by atoms with E-state index in [1.807, 2.05) is 12.1 Å². The summed E-state index contributed by atoms with van der Waals surface area (Å²) in [4.78, 5) is 30.4. The van der Waals surface area contributed by atoms with Crippen LogP contribution in [0.3, 0.4) is 0 Å². The van der Waals surface area contributed by atoms with Gasteiger partial charge in [-0.2, -0.15) is 0 Å². The molecular weight excluding hydrogens is 476 g/mol. The molecule has 1 unspecified atom stereocenters. The maximum atomic E-state index is 13.3. The summed E-state index contributed by atoms with van der Waals surface area (Å²) in [5.41, 5.74) is 1.14. The quantitative estimate of drug-likeness (QED) is 0.240. The second kappa shape index (κ2) is 11.1. The number of morpholine rings is 1. The van der Waals surface area contributed by atoms with Crippen molar-refractivity contribution < 1.29 is 33.6 Å². The Hall–Kier alpha value is -3.82. The number of hydrogen-bond acceptors (Lipinski definition) is 8. The van der Waals surface area contributed by atoms with Gasteiger partial charge in [0.1, 0.15) is 18.1 Å². The van der Waals surface area contributed by atoms with Crippen LogP contribution in [0.1, 0.15) is 23.6 Å². The SMILES string of the molecule is C=CCOc1ccc(C2/C(=C(\O)c3ccc4c(c3)OCO4)C(=O)C(=O)N2CCCN2CCOCC2)cc1. The molecule has 37 heavy (non-hydrogen) atoms. The highest BCUT2D eigenvalue weighted by Crippen LogP contribution is 2.41. The summed E-state index contributed by atoms with van der Waals surface area (Å²) in [6.45, 7) is 8.36. The molecule has 2 fully saturated rings. The molecule has 1 amide bonds. The number of amides is 1. The van der Waals surface area contributed by atoms with Crippen molar-refractivity contribution in [3.8, 4) is 17.2 Å². The molecule has 5 rings (SSSR count). The predicted molar refractivity (Wildman–Crippen MR) is 136 cm³/mol. The molecule has 9 nitrogen and oxygen atoms in total. The molecule has 2 aromatic rings. The maximum absolute atomic E-state index is 13.3. The van der Waals surface area contributed by atoms with Crippen molar-refractivity contribution in [2.24, 2.45) is 0 Å². The lowest BCUT2D eigenvalue weighted by molar-refractivity contribution is -0.140. The Morgan fingerprint density at radius 2 is 1.81 bits per heavy atom. The first kappa shape index (κ1) is 24.9. The molecule has 3 heterocycles. The highest BCUT2D eigenvalue weighted by molar-refractivity contribution is 6.46. The lowest BCUT2D eigenvalue weighted by Gasteiger charge is -2.29. The zero-order valence-corrected chi connectivity index (χ0v) is 20.6. The molecule has 1 N–H and O–H groups in total. The van der Waals surface area contributed by atoms with E-state index in [1.165, 1.54) is 0 Å². The monoisotopic (exact) mass is 506 g/mol. The number of fused-ring (bicyclic) bond motifs is 1. The molecule has 0 saturated carbocycles. The molecular formula is C28H30N2O7. The smallest absolute Gasteiger partial charge is 0.295 e. The van der Waals surface area contributed by atoms with Crippen LogP contribution in [-0.2, 0) is 14.3 Å². The number of aliphatic hydroxyl groups excluding tert-OH is 1. The third-order valence-electron chi connectivity index (χ3n) is 6.73. The number of carbonyl (C=O) groups is 2. The minimum atomic E-state index is -0.733. The van der Waals surface area contributed by atoms with E-state index in [4.69, 9.17) is 18.9 Å². The minimum absolute atomic E-state index is 0.0509. The fraction of sp³-hybridized carbons (Fsp3) is 0.357. The molecule has 194 valence electrons. The van der Waals surface area contributed by atoms with Crippen LogP contribution < -0.4 is 14.2 Å². The summed E-state index contributed by atoms with van der Waals surface area (Å²) in [5.74, 6) is 0.101. The van der Waals surface area contributed by atoms with E-state index in [9.17, 15) is 14.7 Å². The van der Waals surface area contributed by atoms with E-state index in [-0.39, 0.29) is 18.1 Å². The molecule has 0 aromatic heterocycles. The van der Waals surface area contributed by atoms with Crippen molar-refractivity contribution in [2.75, 3.05) is 52.8 Å². The molecule has 0 spiro atoms. The number of nitrogens with zero attached hydrogens (tertiary/aromatic N) is 2. The molecule has 0 aliphatic carbocycles. The molecule has 0 radical (unpaired) electrons. The summed E-state index contributed by atoms with van der Waals surface area (Å²) in [5, 5.41) is 11.3. The molecule has 0 bridgehead atoms. The zero-order chi connectivity index (χ0) is 25.8. The van der Waals surface area contributed by atoms with Crippen LogP contribution in [0, 0.1) is 0 Å². The van der Waals surface area contributed by atoms with Crippen molar-refractivity contribution in [1.29, 1.82) is 0 Å². The molecule has 2 saturated heterocycles. The van der Waals surface area contributed by atoms with Crippen molar-refractivity contribution in [3.63, 3.8) is 0 Å². The van der Waals surface area contributed by atoms with Crippen LogP contribution in [-0.4, -0.2) is 79.4 Å². The van der Waals surface area contributed by atoms with Crippen LogP contribution in [0.5, 0.6) is 17.2 Å². The number of ketones is 1. The second-order valence-corrected chi connectivity index (χ2v) is 9.04. The Kier molecular flexibility index (Phi) is 7.43. The Bertz CT molecular complexity index is 1200. The predicted octanol–water partition coefficient (Wildman–Crippen LogP) is 3.12. The van der Waals surface area contributed by atoms with Crippen LogP contribution in [0.15, 0.2) is 60.7 Å². The molecule has 1 atom stereocenters. The zero-order valence-electron chi connectivity index (χ0n) is 20.6. The summed E-state index contributed by atoms with van der Waals surface area (Å²) in [6, 6.07) is 11.4. The van der Waals surface area contributed by atoms with E-state index in [0.717, 1.165) is 19.6 Å². The lowest BCUT2D eigenvalue weighted by atomic mass is 9.95. The summed E-state index contributed by atoms with van der Waals surface area (Å²) >= 11 is 0. The fourth-order valence-electron chi connectivity index (χ4n) is 4.85. The van der Waals surface area contributed by atoms with Gasteiger partial charge in [0, 0.05) is 31.7 Å². The van der Waals surface area contributed by atoms with Crippen LogP contribution in [0.4, 0.5) is 0 Å². The van der Waals surface area contributed by atoms with Gasteiger partial charge in [-0.15, -0.1) is 0 Å². The number of benzene rings is 2.